The summed E-state index contributed by atoms with van der Waals surface area (Å²) in [6.07, 6.45) is 1.17. The van der Waals surface area contributed by atoms with E-state index in [0.717, 1.165) is 53.3 Å². The van der Waals surface area contributed by atoms with Crippen molar-refractivity contribution in [3.63, 3.8) is 0 Å². The van der Waals surface area contributed by atoms with Crippen molar-refractivity contribution in [3.8, 4) is 22.4 Å². The van der Waals surface area contributed by atoms with Gasteiger partial charge in [0, 0.05) is 24.7 Å². The second kappa shape index (κ2) is 7.16. The second-order valence-corrected chi connectivity index (χ2v) is 6.35. The van der Waals surface area contributed by atoms with Gasteiger partial charge in [-0.05, 0) is 36.1 Å². The van der Waals surface area contributed by atoms with E-state index in [1.165, 1.54) is 25.0 Å². The van der Waals surface area contributed by atoms with Gasteiger partial charge < -0.3 is 4.57 Å². The summed E-state index contributed by atoms with van der Waals surface area (Å²) < 4.78 is 40.2. The quantitative estimate of drug-likeness (QED) is 0.535. The van der Waals surface area contributed by atoms with Crippen molar-refractivity contribution in [1.82, 2.24) is 9.55 Å². The van der Waals surface area contributed by atoms with Crippen molar-refractivity contribution in [2.24, 2.45) is 0 Å². The predicted octanol–water partition coefficient (Wildman–Crippen LogP) is 5.99. The van der Waals surface area contributed by atoms with E-state index in [1.807, 2.05) is 24.3 Å². The van der Waals surface area contributed by atoms with Crippen LogP contribution in [0.25, 0.3) is 22.4 Å². The Balaban J connectivity index is 0.00000196. The van der Waals surface area contributed by atoms with Crippen LogP contribution < -0.4 is 0 Å². The smallest absolute Gasteiger partial charge is 0.334 e. The number of hydrogen-bond acceptors (Lipinski definition) is 1. The van der Waals surface area contributed by atoms with E-state index in [-0.39, 0.29) is 12.4 Å². The first kappa shape index (κ1) is 18.5. The van der Waals surface area contributed by atoms with Crippen LogP contribution in [-0.4, -0.2) is 9.55 Å². The summed E-state index contributed by atoms with van der Waals surface area (Å²) in [4.78, 5) is 4.70. The van der Waals surface area contributed by atoms with Crippen LogP contribution in [0.3, 0.4) is 0 Å². The van der Waals surface area contributed by atoms with E-state index in [1.54, 1.807) is 0 Å². The molecule has 0 amide bonds. The standard InChI is InChI=1S/C20H17F3N2.ClH/c21-20(22,23)17-10-8-15(9-11-17)14-4-6-16(7-5-14)18-13-25-12-2-1-3-19(25)24-18;/h4-11,13H,1-3,12H2;1H. The number of nitrogens with zero attached hydrogens (tertiary/aromatic N) is 2. The number of hydrogen-bond donors (Lipinski definition) is 0. The molecule has 0 radical (unpaired) electrons. The molecule has 2 aromatic carbocycles. The Morgan fingerprint density at radius 3 is 1.96 bits per heavy atom. The van der Waals surface area contributed by atoms with Gasteiger partial charge in [0.1, 0.15) is 5.82 Å². The van der Waals surface area contributed by atoms with Crippen molar-refractivity contribution in [3.05, 3.63) is 66.1 Å². The second-order valence-electron chi connectivity index (χ2n) is 6.35. The maximum Gasteiger partial charge on any atom is 0.416 e. The maximum atomic E-state index is 12.7. The van der Waals surface area contributed by atoms with Gasteiger partial charge in [0.05, 0.1) is 11.3 Å². The lowest BCUT2D eigenvalue weighted by Crippen LogP contribution is -2.08. The third-order valence-corrected chi connectivity index (χ3v) is 4.63. The van der Waals surface area contributed by atoms with Crippen LogP contribution in [0.5, 0.6) is 0 Å². The number of halogens is 4. The fourth-order valence-corrected chi connectivity index (χ4v) is 3.24. The van der Waals surface area contributed by atoms with Crippen LogP contribution in [0.15, 0.2) is 54.7 Å². The van der Waals surface area contributed by atoms with Crippen LogP contribution in [0.4, 0.5) is 13.2 Å². The molecule has 0 atom stereocenters. The van der Waals surface area contributed by atoms with Gasteiger partial charge in [-0.15, -0.1) is 12.4 Å². The van der Waals surface area contributed by atoms with Crippen molar-refractivity contribution < 1.29 is 13.2 Å². The fourth-order valence-electron chi connectivity index (χ4n) is 3.24. The Bertz CT molecular complexity index is 857. The molecule has 1 aliphatic heterocycles. The van der Waals surface area contributed by atoms with Crippen molar-refractivity contribution in [2.75, 3.05) is 0 Å². The average molecular weight is 379 g/mol. The number of aromatic nitrogens is 2. The molecule has 0 saturated heterocycles. The Morgan fingerprint density at radius 2 is 1.38 bits per heavy atom. The Hall–Kier alpha value is -2.27. The summed E-state index contributed by atoms with van der Waals surface area (Å²) in [6.45, 7) is 1.02. The van der Waals surface area contributed by atoms with Crippen LogP contribution in [0.1, 0.15) is 24.2 Å². The average Bonchev–Trinajstić information content (AvgIpc) is 3.05. The van der Waals surface area contributed by atoms with E-state index in [2.05, 4.69) is 10.8 Å². The zero-order valence-electron chi connectivity index (χ0n) is 14.0. The minimum absolute atomic E-state index is 0. The molecule has 2 heterocycles. The first-order valence-corrected chi connectivity index (χ1v) is 8.35. The molecular weight excluding hydrogens is 361 g/mol. The normalized spacial score (nSPS) is 13.8. The molecule has 26 heavy (non-hydrogen) atoms. The Labute approximate surface area is 156 Å². The molecule has 0 unspecified atom stereocenters. The maximum absolute atomic E-state index is 12.7. The molecule has 0 N–H and O–H groups in total. The Morgan fingerprint density at radius 1 is 0.808 bits per heavy atom. The molecule has 2 nitrogen and oxygen atoms in total. The number of benzene rings is 2. The van der Waals surface area contributed by atoms with Crippen molar-refractivity contribution in [1.29, 1.82) is 0 Å². The molecule has 136 valence electrons. The molecule has 0 bridgehead atoms. The molecule has 0 spiro atoms. The Kier molecular flexibility index (Phi) is 5.10. The number of imidazole rings is 1. The molecule has 6 heteroatoms. The van der Waals surface area contributed by atoms with Gasteiger partial charge in [-0.2, -0.15) is 13.2 Å². The molecule has 1 aromatic heterocycles. The first-order chi connectivity index (χ1) is 12.0. The minimum Gasteiger partial charge on any atom is -0.334 e. The topological polar surface area (TPSA) is 17.8 Å². The summed E-state index contributed by atoms with van der Waals surface area (Å²) in [5.74, 6) is 1.13. The van der Waals surface area contributed by atoms with E-state index < -0.39 is 11.7 Å². The lowest BCUT2D eigenvalue weighted by Gasteiger charge is -2.11. The summed E-state index contributed by atoms with van der Waals surface area (Å²) in [5.41, 5.74) is 3.01. The number of rotatable bonds is 2. The summed E-state index contributed by atoms with van der Waals surface area (Å²) in [7, 11) is 0. The first-order valence-electron chi connectivity index (χ1n) is 8.35. The molecule has 3 aromatic rings. The molecule has 0 aliphatic carbocycles. The van der Waals surface area contributed by atoms with Crippen LogP contribution in [0, 0.1) is 0 Å². The molecule has 1 aliphatic rings. The van der Waals surface area contributed by atoms with Gasteiger partial charge in [0.2, 0.25) is 0 Å². The lowest BCUT2D eigenvalue weighted by atomic mass is 10.0. The van der Waals surface area contributed by atoms with Gasteiger partial charge >= 0.3 is 6.18 Å². The molecule has 4 rings (SSSR count). The highest BCUT2D eigenvalue weighted by Crippen LogP contribution is 2.31. The van der Waals surface area contributed by atoms with Gasteiger partial charge in [-0.3, -0.25) is 0 Å². The zero-order valence-corrected chi connectivity index (χ0v) is 14.8. The van der Waals surface area contributed by atoms with E-state index >= 15 is 0 Å². The number of aryl methyl sites for hydroxylation is 2. The lowest BCUT2D eigenvalue weighted by molar-refractivity contribution is -0.137. The summed E-state index contributed by atoms with van der Waals surface area (Å²) in [6, 6.07) is 13.1. The predicted molar refractivity (Wildman–Crippen MR) is 98.3 cm³/mol. The SMILES string of the molecule is Cl.FC(F)(F)c1ccc(-c2ccc(-c3cn4c(n3)CCCC4)cc2)cc1. The van der Waals surface area contributed by atoms with Crippen molar-refractivity contribution in [2.45, 2.75) is 32.0 Å². The van der Waals surface area contributed by atoms with E-state index in [9.17, 15) is 13.2 Å². The third kappa shape index (κ3) is 3.63. The largest absolute Gasteiger partial charge is 0.416 e. The minimum atomic E-state index is -4.30. The van der Waals surface area contributed by atoms with Crippen molar-refractivity contribution >= 4 is 12.4 Å². The summed E-state index contributed by atoms with van der Waals surface area (Å²) >= 11 is 0. The van der Waals surface area contributed by atoms with Gasteiger partial charge in [-0.1, -0.05) is 36.4 Å². The van der Waals surface area contributed by atoms with Gasteiger partial charge in [0.15, 0.2) is 0 Å². The highest BCUT2D eigenvalue weighted by Gasteiger charge is 2.29. The highest BCUT2D eigenvalue weighted by atomic mass is 35.5. The molecular formula is C20H18ClF3N2. The van der Waals surface area contributed by atoms with Gasteiger partial charge in [-0.25, -0.2) is 4.98 Å². The van der Waals surface area contributed by atoms with Gasteiger partial charge in [0.25, 0.3) is 0 Å². The van der Waals surface area contributed by atoms with Crippen LogP contribution in [0.2, 0.25) is 0 Å². The molecule has 0 fully saturated rings. The monoisotopic (exact) mass is 378 g/mol. The highest BCUT2D eigenvalue weighted by molar-refractivity contribution is 5.85. The van der Waals surface area contributed by atoms with Crippen LogP contribution >= 0.6 is 12.4 Å². The van der Waals surface area contributed by atoms with E-state index in [0.29, 0.717) is 0 Å². The molecule has 0 saturated carbocycles. The third-order valence-electron chi connectivity index (χ3n) is 4.63. The fraction of sp³-hybridized carbons (Fsp3) is 0.250. The number of alkyl halides is 3. The zero-order chi connectivity index (χ0) is 17.4. The number of fused-ring (bicyclic) bond motifs is 1. The summed E-state index contributed by atoms with van der Waals surface area (Å²) in [5, 5.41) is 0. The van der Waals surface area contributed by atoms with Crippen LogP contribution in [-0.2, 0) is 19.1 Å². The van der Waals surface area contributed by atoms with E-state index in [4.69, 9.17) is 4.98 Å².